The van der Waals surface area contributed by atoms with Gasteiger partial charge in [-0.3, -0.25) is 14.5 Å². The molecule has 2 unspecified atom stereocenters. The van der Waals surface area contributed by atoms with Crippen LogP contribution in [0.1, 0.15) is 10.4 Å². The first kappa shape index (κ1) is 21.8. The maximum absolute atomic E-state index is 12.8. The molecule has 2 aliphatic rings. The van der Waals surface area contributed by atoms with Gasteiger partial charge >= 0.3 is 11.6 Å². The number of nitrogens with zero attached hydrogens (tertiary/aromatic N) is 1. The fraction of sp³-hybridized carbons (Fsp3) is 0.167. The summed E-state index contributed by atoms with van der Waals surface area (Å²) in [6.45, 7) is -0.0608. The van der Waals surface area contributed by atoms with Crippen LogP contribution in [0.2, 0.25) is 0 Å². The van der Waals surface area contributed by atoms with E-state index in [-0.39, 0.29) is 12.3 Å². The molecule has 2 atom stereocenters. The number of thioether (sulfide) groups is 1. The minimum atomic E-state index is -1.24. The van der Waals surface area contributed by atoms with Crippen LogP contribution in [-0.2, 0) is 9.59 Å². The predicted molar refractivity (Wildman–Crippen MR) is 123 cm³/mol. The second kappa shape index (κ2) is 8.71. The van der Waals surface area contributed by atoms with Crippen molar-refractivity contribution in [2.24, 2.45) is 0 Å². The van der Waals surface area contributed by atoms with E-state index in [4.69, 9.17) is 9.15 Å². The molecule has 0 saturated carbocycles. The zero-order valence-corrected chi connectivity index (χ0v) is 18.4. The standard InChI is InChI=1S/C24H18N2O7S/c27-18-9-7-13-6-8-16(10-17(13)33-18)32-11-15-12-34-23-19(22(29)26(23)20(15)24(30)31)25-21(28)14-4-2-1-3-5-14/h1-10,19,23H,11-12H2,(H,25,28)(H,30,31). The van der Waals surface area contributed by atoms with Crippen LogP contribution >= 0.6 is 11.8 Å². The van der Waals surface area contributed by atoms with Crippen molar-refractivity contribution in [2.45, 2.75) is 11.4 Å². The molecule has 1 saturated heterocycles. The topological polar surface area (TPSA) is 126 Å². The van der Waals surface area contributed by atoms with Crippen molar-refractivity contribution in [2.75, 3.05) is 12.4 Å². The van der Waals surface area contributed by atoms with E-state index in [0.717, 1.165) is 5.39 Å². The number of aliphatic carboxylic acids is 1. The average Bonchev–Trinajstić information content (AvgIpc) is 2.85. The van der Waals surface area contributed by atoms with Crippen LogP contribution in [0.5, 0.6) is 5.75 Å². The lowest BCUT2D eigenvalue weighted by atomic mass is 10.0. The van der Waals surface area contributed by atoms with Gasteiger partial charge in [-0.25, -0.2) is 9.59 Å². The number of carboxylic acids is 1. The molecule has 34 heavy (non-hydrogen) atoms. The van der Waals surface area contributed by atoms with Gasteiger partial charge in [0.15, 0.2) is 0 Å². The Bertz CT molecular complexity index is 1400. The third-order valence-electron chi connectivity index (χ3n) is 5.58. The van der Waals surface area contributed by atoms with Gasteiger partial charge in [-0.05, 0) is 30.3 Å². The predicted octanol–water partition coefficient (Wildman–Crippen LogP) is 2.22. The number of nitrogens with one attached hydrogen (secondary N) is 1. The number of amides is 2. The molecule has 0 spiro atoms. The van der Waals surface area contributed by atoms with Gasteiger partial charge in [0.25, 0.3) is 11.8 Å². The molecule has 10 heteroatoms. The highest BCUT2D eigenvalue weighted by molar-refractivity contribution is 8.00. The van der Waals surface area contributed by atoms with Gasteiger partial charge in [0.1, 0.15) is 35.1 Å². The second-order valence-electron chi connectivity index (χ2n) is 7.73. The molecule has 0 aliphatic carbocycles. The minimum absolute atomic E-state index is 0.0608. The lowest BCUT2D eigenvalue weighted by Crippen LogP contribution is -2.70. The van der Waals surface area contributed by atoms with E-state index in [9.17, 15) is 24.3 Å². The number of ether oxygens (including phenoxy) is 1. The molecule has 2 aliphatic heterocycles. The quantitative estimate of drug-likeness (QED) is 0.408. The normalized spacial score (nSPS) is 19.4. The Hall–Kier alpha value is -4.05. The summed E-state index contributed by atoms with van der Waals surface area (Å²) < 4.78 is 10.9. The number of fused-ring (bicyclic) bond motifs is 2. The van der Waals surface area contributed by atoms with Gasteiger partial charge in [0.2, 0.25) is 0 Å². The molecular formula is C24H18N2O7S. The third-order valence-corrected chi connectivity index (χ3v) is 6.92. The first-order valence-corrected chi connectivity index (χ1v) is 11.4. The van der Waals surface area contributed by atoms with Crippen LogP contribution < -0.4 is 15.7 Å². The van der Waals surface area contributed by atoms with Crippen molar-refractivity contribution < 1.29 is 28.6 Å². The number of carbonyl (C=O) groups is 3. The molecule has 1 aromatic heterocycles. The lowest BCUT2D eigenvalue weighted by Gasteiger charge is -2.49. The Morgan fingerprint density at radius 3 is 2.65 bits per heavy atom. The van der Waals surface area contributed by atoms with Crippen LogP contribution in [0.15, 0.2) is 81.1 Å². The first-order chi connectivity index (χ1) is 16.4. The van der Waals surface area contributed by atoms with Crippen LogP contribution in [0, 0.1) is 0 Å². The van der Waals surface area contributed by atoms with Crippen molar-refractivity contribution in [3.05, 3.63) is 87.9 Å². The average molecular weight is 478 g/mol. The van der Waals surface area contributed by atoms with E-state index in [1.807, 2.05) is 0 Å². The van der Waals surface area contributed by atoms with Crippen molar-refractivity contribution in [3.63, 3.8) is 0 Å². The van der Waals surface area contributed by atoms with Gasteiger partial charge in [-0.15, -0.1) is 11.8 Å². The molecular weight excluding hydrogens is 460 g/mol. The lowest BCUT2D eigenvalue weighted by molar-refractivity contribution is -0.148. The molecule has 1 fully saturated rings. The Kier molecular flexibility index (Phi) is 5.58. The third kappa shape index (κ3) is 3.92. The van der Waals surface area contributed by atoms with Gasteiger partial charge in [0, 0.05) is 34.4 Å². The number of rotatable bonds is 6. The van der Waals surface area contributed by atoms with Crippen molar-refractivity contribution in [1.29, 1.82) is 0 Å². The molecule has 172 valence electrons. The smallest absolute Gasteiger partial charge is 0.352 e. The Morgan fingerprint density at radius 2 is 1.88 bits per heavy atom. The SMILES string of the molecule is O=C(O)C1=C(COc2ccc3ccc(=O)oc3c2)CSC2C(NC(=O)c3ccccc3)C(=O)N12. The molecule has 2 amide bonds. The maximum Gasteiger partial charge on any atom is 0.352 e. The highest BCUT2D eigenvalue weighted by Crippen LogP contribution is 2.40. The number of hydrogen-bond acceptors (Lipinski definition) is 7. The summed E-state index contributed by atoms with van der Waals surface area (Å²) in [5.41, 5.74) is 0.589. The highest BCUT2D eigenvalue weighted by Gasteiger charge is 2.54. The van der Waals surface area contributed by atoms with E-state index < -0.39 is 34.8 Å². The minimum Gasteiger partial charge on any atom is -0.489 e. The van der Waals surface area contributed by atoms with E-state index >= 15 is 0 Å². The fourth-order valence-electron chi connectivity index (χ4n) is 3.91. The van der Waals surface area contributed by atoms with Gasteiger partial charge in [0.05, 0.1) is 0 Å². The van der Waals surface area contributed by atoms with Crippen LogP contribution in [0.4, 0.5) is 0 Å². The van der Waals surface area contributed by atoms with Gasteiger partial charge < -0.3 is 19.6 Å². The number of carbonyl (C=O) groups excluding carboxylic acids is 2. The highest BCUT2D eigenvalue weighted by atomic mass is 32.2. The first-order valence-electron chi connectivity index (χ1n) is 10.3. The summed E-state index contributed by atoms with van der Waals surface area (Å²) in [6, 6.07) is 15.6. The molecule has 2 aromatic carbocycles. The van der Waals surface area contributed by atoms with E-state index in [0.29, 0.717) is 28.2 Å². The molecule has 5 rings (SSSR count). The molecule has 0 bridgehead atoms. The number of β-lactam (4-membered cyclic amide) rings is 1. The summed E-state index contributed by atoms with van der Waals surface area (Å²) in [5.74, 6) is -1.40. The summed E-state index contributed by atoms with van der Waals surface area (Å²) in [6.07, 6.45) is 0. The molecule has 0 radical (unpaired) electrons. The molecule has 2 N–H and O–H groups in total. The molecule has 3 aromatic rings. The summed E-state index contributed by atoms with van der Waals surface area (Å²) >= 11 is 1.36. The summed E-state index contributed by atoms with van der Waals surface area (Å²) in [5, 5.41) is 12.7. The van der Waals surface area contributed by atoms with Crippen LogP contribution in [-0.4, -0.2) is 51.6 Å². The number of hydrogen-bond donors (Lipinski definition) is 2. The zero-order valence-electron chi connectivity index (χ0n) is 17.6. The fourth-order valence-corrected chi connectivity index (χ4v) is 5.24. The molecule has 3 heterocycles. The van der Waals surface area contributed by atoms with Gasteiger partial charge in [-0.2, -0.15) is 0 Å². The van der Waals surface area contributed by atoms with Crippen LogP contribution in [0.25, 0.3) is 11.0 Å². The van der Waals surface area contributed by atoms with Crippen molar-refractivity contribution in [3.8, 4) is 5.75 Å². The van der Waals surface area contributed by atoms with E-state index in [2.05, 4.69) is 5.32 Å². The maximum atomic E-state index is 12.8. The Balaban J connectivity index is 1.32. The second-order valence-corrected chi connectivity index (χ2v) is 8.83. The van der Waals surface area contributed by atoms with Crippen LogP contribution in [0.3, 0.4) is 0 Å². The van der Waals surface area contributed by atoms with Gasteiger partial charge in [-0.1, -0.05) is 18.2 Å². The number of benzene rings is 2. The zero-order chi connectivity index (χ0) is 23.8. The Morgan fingerprint density at radius 1 is 1.12 bits per heavy atom. The summed E-state index contributed by atoms with van der Waals surface area (Å²) in [4.78, 5) is 49.9. The van der Waals surface area contributed by atoms with E-state index in [1.54, 1.807) is 54.6 Å². The largest absolute Gasteiger partial charge is 0.489 e. The van der Waals surface area contributed by atoms with E-state index in [1.165, 1.54) is 22.7 Å². The van der Waals surface area contributed by atoms with Crippen molar-refractivity contribution >= 4 is 40.5 Å². The summed E-state index contributed by atoms with van der Waals surface area (Å²) in [7, 11) is 0. The monoisotopic (exact) mass is 478 g/mol. The van der Waals surface area contributed by atoms with Crippen molar-refractivity contribution in [1.82, 2.24) is 10.2 Å². The Labute approximate surface area is 197 Å². The number of carboxylic acid groups (broad SMARTS) is 1. The molecule has 9 nitrogen and oxygen atoms in total.